The third-order valence-corrected chi connectivity index (χ3v) is 3.63. The fraction of sp³-hybridized carbons (Fsp3) is 1.00. The minimum atomic E-state index is 0.681. The molecule has 0 aliphatic carbocycles. The van der Waals surface area contributed by atoms with E-state index in [0.717, 1.165) is 17.8 Å². The second kappa shape index (κ2) is 7.27. The Hall–Kier alpha value is -0.0400. The summed E-state index contributed by atoms with van der Waals surface area (Å²) in [4.78, 5) is 2.64. The van der Waals surface area contributed by atoms with Crippen LogP contribution in [0, 0.1) is 17.8 Å². The zero-order valence-corrected chi connectivity index (χ0v) is 11.9. The molecule has 0 saturated heterocycles. The van der Waals surface area contributed by atoms with E-state index in [0.29, 0.717) is 6.04 Å². The molecule has 0 saturated carbocycles. The van der Waals surface area contributed by atoms with Crippen LogP contribution in [0.4, 0.5) is 0 Å². The van der Waals surface area contributed by atoms with Gasteiger partial charge in [0.25, 0.3) is 0 Å². The normalized spacial score (nSPS) is 16.4. The van der Waals surface area contributed by atoms with Gasteiger partial charge in [0, 0.05) is 19.1 Å². The first-order chi connectivity index (χ1) is 6.88. The van der Waals surface area contributed by atoms with Crippen molar-refractivity contribution >= 4 is 0 Å². The molecule has 0 spiro atoms. The van der Waals surface area contributed by atoms with Crippen molar-refractivity contribution in [2.45, 2.75) is 60.9 Å². The molecule has 2 unspecified atom stereocenters. The number of rotatable bonds is 7. The van der Waals surface area contributed by atoms with Gasteiger partial charge >= 0.3 is 0 Å². The lowest BCUT2D eigenvalue weighted by molar-refractivity contribution is 0.151. The molecule has 0 aromatic heterocycles. The second-order valence-electron chi connectivity index (χ2n) is 5.78. The maximum absolute atomic E-state index is 2.64. The summed E-state index contributed by atoms with van der Waals surface area (Å²) in [5, 5.41) is 0. The van der Waals surface area contributed by atoms with Crippen LogP contribution in [0.3, 0.4) is 0 Å². The van der Waals surface area contributed by atoms with Gasteiger partial charge in [0.05, 0.1) is 0 Å². The minimum Gasteiger partial charge on any atom is -0.300 e. The van der Waals surface area contributed by atoms with Crippen LogP contribution in [0.25, 0.3) is 0 Å². The van der Waals surface area contributed by atoms with E-state index in [9.17, 15) is 0 Å². The average molecular weight is 213 g/mol. The minimum absolute atomic E-state index is 0.681. The standard InChI is InChI=1S/C14H31N/c1-8-13(6)9-15(12(4)5)10-14(7)11(2)3/h11-14H,8-10H2,1-7H3. The molecular weight excluding hydrogens is 182 g/mol. The molecule has 15 heavy (non-hydrogen) atoms. The van der Waals surface area contributed by atoms with Crippen molar-refractivity contribution in [3.8, 4) is 0 Å². The Kier molecular flexibility index (Phi) is 7.25. The van der Waals surface area contributed by atoms with Crippen molar-refractivity contribution in [3.05, 3.63) is 0 Å². The first-order valence-corrected chi connectivity index (χ1v) is 6.62. The summed E-state index contributed by atoms with van der Waals surface area (Å²) in [5.74, 6) is 2.42. The van der Waals surface area contributed by atoms with Crippen LogP contribution in [-0.2, 0) is 0 Å². The van der Waals surface area contributed by atoms with Crippen molar-refractivity contribution in [2.24, 2.45) is 17.8 Å². The predicted octanol–water partition coefficient (Wildman–Crippen LogP) is 4.04. The first-order valence-electron chi connectivity index (χ1n) is 6.62. The Bertz CT molecular complexity index is 151. The Morgan fingerprint density at radius 3 is 1.73 bits per heavy atom. The maximum atomic E-state index is 2.64. The SMILES string of the molecule is CCC(C)CN(CC(C)C(C)C)C(C)C. The fourth-order valence-corrected chi connectivity index (χ4v) is 1.61. The van der Waals surface area contributed by atoms with Gasteiger partial charge in [0.2, 0.25) is 0 Å². The highest BCUT2D eigenvalue weighted by molar-refractivity contribution is 4.70. The topological polar surface area (TPSA) is 3.24 Å². The van der Waals surface area contributed by atoms with Gasteiger partial charge in [0.15, 0.2) is 0 Å². The molecule has 1 heteroatoms. The summed E-state index contributed by atoms with van der Waals surface area (Å²) < 4.78 is 0. The molecule has 0 aromatic rings. The Labute approximate surface area is 97.2 Å². The summed E-state index contributed by atoms with van der Waals surface area (Å²) in [7, 11) is 0. The Morgan fingerprint density at radius 1 is 0.867 bits per heavy atom. The van der Waals surface area contributed by atoms with Gasteiger partial charge in [-0.25, -0.2) is 0 Å². The molecule has 0 N–H and O–H groups in total. The van der Waals surface area contributed by atoms with Crippen molar-refractivity contribution in [2.75, 3.05) is 13.1 Å². The third kappa shape index (κ3) is 6.19. The monoisotopic (exact) mass is 213 g/mol. The molecule has 0 bridgehead atoms. The van der Waals surface area contributed by atoms with Crippen molar-refractivity contribution in [1.82, 2.24) is 4.90 Å². The summed E-state index contributed by atoms with van der Waals surface area (Å²) >= 11 is 0. The number of nitrogens with zero attached hydrogens (tertiary/aromatic N) is 1. The molecule has 0 aliphatic rings. The lowest BCUT2D eigenvalue weighted by atomic mass is 9.96. The molecule has 0 amide bonds. The molecule has 2 atom stereocenters. The van der Waals surface area contributed by atoms with Gasteiger partial charge in [-0.2, -0.15) is 0 Å². The predicted molar refractivity (Wildman–Crippen MR) is 70.2 cm³/mol. The first kappa shape index (κ1) is 15.0. The molecular formula is C14H31N. The summed E-state index contributed by atoms with van der Waals surface area (Å²) in [5.41, 5.74) is 0. The highest BCUT2D eigenvalue weighted by atomic mass is 15.1. The number of hydrogen-bond donors (Lipinski definition) is 0. The van der Waals surface area contributed by atoms with Crippen LogP contribution in [0.15, 0.2) is 0 Å². The van der Waals surface area contributed by atoms with Crippen LogP contribution < -0.4 is 0 Å². The van der Waals surface area contributed by atoms with E-state index in [2.05, 4.69) is 53.4 Å². The van der Waals surface area contributed by atoms with E-state index in [1.165, 1.54) is 19.5 Å². The molecule has 0 aromatic carbocycles. The van der Waals surface area contributed by atoms with E-state index in [-0.39, 0.29) is 0 Å². The van der Waals surface area contributed by atoms with Gasteiger partial charge in [-0.1, -0.05) is 41.0 Å². The zero-order chi connectivity index (χ0) is 12.0. The van der Waals surface area contributed by atoms with E-state index in [1.54, 1.807) is 0 Å². The average Bonchev–Trinajstić information content (AvgIpc) is 2.15. The number of hydrogen-bond acceptors (Lipinski definition) is 1. The van der Waals surface area contributed by atoms with Crippen LogP contribution in [-0.4, -0.2) is 24.0 Å². The largest absolute Gasteiger partial charge is 0.300 e. The van der Waals surface area contributed by atoms with E-state index in [1.807, 2.05) is 0 Å². The zero-order valence-electron chi connectivity index (χ0n) is 11.9. The second-order valence-corrected chi connectivity index (χ2v) is 5.78. The summed E-state index contributed by atoms with van der Waals surface area (Å²) in [6, 6.07) is 0.681. The fourth-order valence-electron chi connectivity index (χ4n) is 1.61. The van der Waals surface area contributed by atoms with Gasteiger partial charge in [0.1, 0.15) is 0 Å². The maximum Gasteiger partial charge on any atom is 0.00388 e. The molecule has 0 rings (SSSR count). The van der Waals surface area contributed by atoms with E-state index < -0.39 is 0 Å². The van der Waals surface area contributed by atoms with Gasteiger partial charge < -0.3 is 4.90 Å². The lowest BCUT2D eigenvalue weighted by Gasteiger charge is -2.32. The highest BCUT2D eigenvalue weighted by Crippen LogP contribution is 2.15. The van der Waals surface area contributed by atoms with Gasteiger partial charge in [-0.3, -0.25) is 0 Å². The van der Waals surface area contributed by atoms with Crippen LogP contribution in [0.1, 0.15) is 54.9 Å². The van der Waals surface area contributed by atoms with Crippen molar-refractivity contribution in [3.63, 3.8) is 0 Å². The van der Waals surface area contributed by atoms with E-state index in [4.69, 9.17) is 0 Å². The van der Waals surface area contributed by atoms with Gasteiger partial charge in [-0.05, 0) is 31.6 Å². The highest BCUT2D eigenvalue weighted by Gasteiger charge is 2.17. The molecule has 0 aliphatic heterocycles. The third-order valence-electron chi connectivity index (χ3n) is 3.63. The Balaban J connectivity index is 4.16. The quantitative estimate of drug-likeness (QED) is 0.617. The van der Waals surface area contributed by atoms with Gasteiger partial charge in [-0.15, -0.1) is 0 Å². The molecule has 0 fully saturated rings. The van der Waals surface area contributed by atoms with Crippen molar-refractivity contribution < 1.29 is 0 Å². The smallest absolute Gasteiger partial charge is 0.00388 e. The molecule has 0 radical (unpaired) electrons. The molecule has 0 heterocycles. The summed E-state index contributed by atoms with van der Waals surface area (Å²) in [6.07, 6.45) is 1.29. The summed E-state index contributed by atoms with van der Waals surface area (Å²) in [6.45, 7) is 18.8. The molecule has 1 nitrogen and oxygen atoms in total. The van der Waals surface area contributed by atoms with Crippen LogP contribution >= 0.6 is 0 Å². The lowest BCUT2D eigenvalue weighted by Crippen LogP contribution is -2.38. The Morgan fingerprint density at radius 2 is 1.40 bits per heavy atom. The van der Waals surface area contributed by atoms with Crippen molar-refractivity contribution in [1.29, 1.82) is 0 Å². The van der Waals surface area contributed by atoms with E-state index >= 15 is 0 Å². The van der Waals surface area contributed by atoms with Crippen LogP contribution in [0.5, 0.6) is 0 Å². The van der Waals surface area contributed by atoms with Crippen LogP contribution in [0.2, 0.25) is 0 Å². The molecule has 92 valence electrons.